The Morgan fingerprint density at radius 2 is 1.77 bits per heavy atom. The molecule has 1 N–H and O–H groups in total. The molecule has 2 unspecified atom stereocenters. The molecule has 0 bridgehead atoms. The van der Waals surface area contributed by atoms with Crippen LogP contribution >= 0.6 is 0 Å². The summed E-state index contributed by atoms with van der Waals surface area (Å²) in [5.74, 6) is 0. The smallest absolute Gasteiger partial charge is 0.00817 e. The molecule has 80 valence electrons. The van der Waals surface area contributed by atoms with Crippen LogP contribution in [0.4, 0.5) is 0 Å². The third-order valence-corrected chi connectivity index (χ3v) is 2.90. The average Bonchev–Trinajstić information content (AvgIpc) is 2.15. The first-order valence-electron chi connectivity index (χ1n) is 5.57. The van der Waals surface area contributed by atoms with E-state index in [4.69, 9.17) is 0 Å². The van der Waals surface area contributed by atoms with Gasteiger partial charge in [0.25, 0.3) is 0 Å². The SMILES string of the molecule is CCC(C)N(CC)C(C)CCNC. The molecule has 0 aromatic heterocycles. The summed E-state index contributed by atoms with van der Waals surface area (Å²) in [6.45, 7) is 11.4. The molecule has 0 saturated heterocycles. The van der Waals surface area contributed by atoms with Gasteiger partial charge in [0.05, 0.1) is 0 Å². The fourth-order valence-electron chi connectivity index (χ4n) is 1.81. The van der Waals surface area contributed by atoms with Crippen LogP contribution < -0.4 is 5.32 Å². The summed E-state index contributed by atoms with van der Waals surface area (Å²) < 4.78 is 0. The summed E-state index contributed by atoms with van der Waals surface area (Å²) in [5, 5.41) is 3.21. The highest BCUT2D eigenvalue weighted by molar-refractivity contribution is 4.72. The van der Waals surface area contributed by atoms with Gasteiger partial charge in [-0.3, -0.25) is 4.90 Å². The Morgan fingerprint density at radius 1 is 1.15 bits per heavy atom. The maximum atomic E-state index is 3.21. The number of rotatable bonds is 7. The van der Waals surface area contributed by atoms with Crippen molar-refractivity contribution in [2.24, 2.45) is 0 Å². The van der Waals surface area contributed by atoms with Crippen molar-refractivity contribution in [3.63, 3.8) is 0 Å². The van der Waals surface area contributed by atoms with Gasteiger partial charge in [-0.1, -0.05) is 13.8 Å². The Bertz CT molecular complexity index is 115. The molecule has 0 fully saturated rings. The van der Waals surface area contributed by atoms with Crippen LogP contribution in [-0.4, -0.2) is 37.1 Å². The lowest BCUT2D eigenvalue weighted by molar-refractivity contribution is 0.151. The molecule has 0 aromatic rings. The van der Waals surface area contributed by atoms with E-state index in [1.54, 1.807) is 0 Å². The van der Waals surface area contributed by atoms with Gasteiger partial charge in [-0.05, 0) is 46.8 Å². The van der Waals surface area contributed by atoms with Crippen molar-refractivity contribution >= 4 is 0 Å². The van der Waals surface area contributed by atoms with Crippen molar-refractivity contribution in [3.05, 3.63) is 0 Å². The second-order valence-electron chi connectivity index (χ2n) is 3.83. The fraction of sp³-hybridized carbons (Fsp3) is 1.00. The standard InChI is InChI=1S/C11H26N2/c1-6-10(3)13(7-2)11(4)8-9-12-5/h10-12H,6-9H2,1-5H3. The fourth-order valence-corrected chi connectivity index (χ4v) is 1.81. The lowest BCUT2D eigenvalue weighted by atomic mass is 10.1. The van der Waals surface area contributed by atoms with E-state index < -0.39 is 0 Å². The van der Waals surface area contributed by atoms with E-state index in [-0.39, 0.29) is 0 Å². The molecular weight excluding hydrogens is 160 g/mol. The Balaban J connectivity index is 3.90. The normalized spacial score (nSPS) is 16.2. The highest BCUT2D eigenvalue weighted by atomic mass is 15.2. The minimum absolute atomic E-state index is 0.701. The molecule has 0 aliphatic rings. The van der Waals surface area contributed by atoms with E-state index >= 15 is 0 Å². The van der Waals surface area contributed by atoms with E-state index in [1.807, 2.05) is 7.05 Å². The maximum absolute atomic E-state index is 3.21. The highest BCUT2D eigenvalue weighted by Gasteiger charge is 2.15. The van der Waals surface area contributed by atoms with Crippen molar-refractivity contribution in [1.82, 2.24) is 10.2 Å². The first-order valence-corrected chi connectivity index (χ1v) is 5.57. The number of hydrogen-bond acceptors (Lipinski definition) is 2. The van der Waals surface area contributed by atoms with Crippen LogP contribution in [0.5, 0.6) is 0 Å². The van der Waals surface area contributed by atoms with E-state index in [0.717, 1.165) is 12.6 Å². The van der Waals surface area contributed by atoms with Gasteiger partial charge in [0.2, 0.25) is 0 Å². The van der Waals surface area contributed by atoms with Crippen molar-refractivity contribution in [1.29, 1.82) is 0 Å². The van der Waals surface area contributed by atoms with Crippen molar-refractivity contribution < 1.29 is 0 Å². The predicted molar refractivity (Wildman–Crippen MR) is 60.1 cm³/mol. The van der Waals surface area contributed by atoms with Crippen molar-refractivity contribution in [2.75, 3.05) is 20.1 Å². The second kappa shape index (κ2) is 7.34. The molecule has 0 aliphatic heterocycles. The zero-order valence-corrected chi connectivity index (χ0v) is 9.93. The minimum atomic E-state index is 0.701. The molecule has 13 heavy (non-hydrogen) atoms. The van der Waals surface area contributed by atoms with Crippen LogP contribution in [0.25, 0.3) is 0 Å². The Kier molecular flexibility index (Phi) is 7.29. The predicted octanol–water partition coefficient (Wildman–Crippen LogP) is 2.10. The lowest BCUT2D eigenvalue weighted by Crippen LogP contribution is -2.40. The summed E-state index contributed by atoms with van der Waals surface area (Å²) >= 11 is 0. The van der Waals surface area contributed by atoms with E-state index in [1.165, 1.54) is 19.4 Å². The molecule has 0 heterocycles. The minimum Gasteiger partial charge on any atom is -0.320 e. The van der Waals surface area contributed by atoms with Gasteiger partial charge >= 0.3 is 0 Å². The zero-order valence-electron chi connectivity index (χ0n) is 9.93. The molecule has 0 radical (unpaired) electrons. The first-order chi connectivity index (χ1) is 6.17. The molecule has 2 atom stereocenters. The van der Waals surface area contributed by atoms with E-state index in [9.17, 15) is 0 Å². The summed E-state index contributed by atoms with van der Waals surface area (Å²) in [4.78, 5) is 2.58. The molecule has 2 heteroatoms. The van der Waals surface area contributed by atoms with Gasteiger partial charge in [0.15, 0.2) is 0 Å². The average molecular weight is 186 g/mol. The van der Waals surface area contributed by atoms with E-state index in [0.29, 0.717) is 6.04 Å². The molecule has 2 nitrogen and oxygen atoms in total. The van der Waals surface area contributed by atoms with Crippen LogP contribution in [0.2, 0.25) is 0 Å². The third kappa shape index (κ3) is 4.63. The molecule has 0 aliphatic carbocycles. The van der Waals surface area contributed by atoms with Crippen LogP contribution in [0.15, 0.2) is 0 Å². The van der Waals surface area contributed by atoms with Crippen molar-refractivity contribution in [3.8, 4) is 0 Å². The van der Waals surface area contributed by atoms with Crippen LogP contribution in [0.3, 0.4) is 0 Å². The number of hydrogen-bond donors (Lipinski definition) is 1. The topological polar surface area (TPSA) is 15.3 Å². The molecule has 0 spiro atoms. The van der Waals surface area contributed by atoms with Gasteiger partial charge in [-0.15, -0.1) is 0 Å². The lowest BCUT2D eigenvalue weighted by Gasteiger charge is -2.33. The number of nitrogens with one attached hydrogen (secondary N) is 1. The van der Waals surface area contributed by atoms with Gasteiger partial charge in [0, 0.05) is 12.1 Å². The van der Waals surface area contributed by atoms with Crippen molar-refractivity contribution in [2.45, 2.75) is 52.6 Å². The van der Waals surface area contributed by atoms with Gasteiger partial charge in [0.1, 0.15) is 0 Å². The Labute approximate surface area is 83.7 Å². The summed E-state index contributed by atoms with van der Waals surface area (Å²) in [7, 11) is 2.02. The van der Waals surface area contributed by atoms with Gasteiger partial charge in [-0.2, -0.15) is 0 Å². The largest absolute Gasteiger partial charge is 0.320 e. The molecule has 0 amide bonds. The quantitative estimate of drug-likeness (QED) is 0.655. The zero-order chi connectivity index (χ0) is 10.3. The van der Waals surface area contributed by atoms with Crippen LogP contribution in [0.1, 0.15) is 40.5 Å². The summed E-state index contributed by atoms with van der Waals surface area (Å²) in [6, 6.07) is 1.42. The second-order valence-corrected chi connectivity index (χ2v) is 3.83. The maximum Gasteiger partial charge on any atom is 0.00817 e. The first kappa shape index (κ1) is 12.9. The van der Waals surface area contributed by atoms with Crippen LogP contribution in [0, 0.1) is 0 Å². The Hall–Kier alpha value is -0.0800. The molecule has 0 saturated carbocycles. The Morgan fingerprint density at radius 3 is 2.15 bits per heavy atom. The van der Waals surface area contributed by atoms with Gasteiger partial charge < -0.3 is 5.32 Å². The highest BCUT2D eigenvalue weighted by Crippen LogP contribution is 2.10. The number of nitrogens with zero attached hydrogens (tertiary/aromatic N) is 1. The molecular formula is C11H26N2. The molecule has 0 aromatic carbocycles. The van der Waals surface area contributed by atoms with Gasteiger partial charge in [-0.25, -0.2) is 0 Å². The monoisotopic (exact) mass is 186 g/mol. The summed E-state index contributed by atoms with van der Waals surface area (Å²) in [6.07, 6.45) is 2.49. The summed E-state index contributed by atoms with van der Waals surface area (Å²) in [5.41, 5.74) is 0. The third-order valence-electron chi connectivity index (χ3n) is 2.90. The van der Waals surface area contributed by atoms with E-state index in [2.05, 4.69) is 37.9 Å². The van der Waals surface area contributed by atoms with Crippen LogP contribution in [-0.2, 0) is 0 Å². The molecule has 0 rings (SSSR count).